The van der Waals surface area contributed by atoms with E-state index in [4.69, 9.17) is 4.98 Å². The minimum Gasteiger partial charge on any atom is -0.367 e. The predicted molar refractivity (Wildman–Crippen MR) is 125 cm³/mol. The van der Waals surface area contributed by atoms with Gasteiger partial charge in [0.1, 0.15) is 11.3 Å². The van der Waals surface area contributed by atoms with E-state index >= 15 is 0 Å². The summed E-state index contributed by atoms with van der Waals surface area (Å²) in [7, 11) is 0. The molecule has 1 aliphatic rings. The van der Waals surface area contributed by atoms with Crippen LogP contribution in [0.5, 0.6) is 0 Å². The number of nitrogens with zero attached hydrogens (tertiary/aromatic N) is 6. The van der Waals surface area contributed by atoms with Crippen molar-refractivity contribution in [2.45, 2.75) is 39.3 Å². The van der Waals surface area contributed by atoms with Gasteiger partial charge in [-0.05, 0) is 39.8 Å². The minimum absolute atomic E-state index is 0.0992. The fourth-order valence-electron chi connectivity index (χ4n) is 4.20. The van der Waals surface area contributed by atoms with E-state index in [2.05, 4.69) is 70.4 Å². The zero-order chi connectivity index (χ0) is 21.6. The van der Waals surface area contributed by atoms with Gasteiger partial charge in [-0.2, -0.15) is 5.10 Å². The maximum Gasteiger partial charge on any atom is 0.228 e. The molecule has 0 spiro atoms. The van der Waals surface area contributed by atoms with Gasteiger partial charge in [0.25, 0.3) is 0 Å². The molecule has 0 bridgehead atoms. The van der Waals surface area contributed by atoms with Crippen molar-refractivity contribution in [3.05, 3.63) is 42.9 Å². The van der Waals surface area contributed by atoms with Gasteiger partial charge in [0.2, 0.25) is 5.95 Å². The van der Waals surface area contributed by atoms with Crippen LogP contribution < -0.4 is 15.5 Å². The van der Waals surface area contributed by atoms with Gasteiger partial charge in [-0.15, -0.1) is 0 Å². The minimum atomic E-state index is 0.0992. The highest BCUT2D eigenvalue weighted by Crippen LogP contribution is 2.27. The Hall–Kier alpha value is -3.26. The normalized spacial score (nSPS) is 16.4. The second-order valence-electron chi connectivity index (χ2n) is 9.08. The summed E-state index contributed by atoms with van der Waals surface area (Å²) in [5.74, 6) is 1.25. The molecule has 0 aliphatic carbocycles. The van der Waals surface area contributed by atoms with E-state index < -0.39 is 0 Å². The predicted octanol–water partition coefficient (Wildman–Crippen LogP) is 3.89. The van der Waals surface area contributed by atoms with Crippen molar-refractivity contribution in [2.75, 3.05) is 29.9 Å². The zero-order valence-electron chi connectivity index (χ0n) is 18.4. The lowest BCUT2D eigenvalue weighted by atomic mass is 10.0. The molecule has 160 valence electrons. The number of hydrogen-bond donors (Lipinski definition) is 2. The molecule has 0 atom stereocenters. The third kappa shape index (κ3) is 3.79. The molecule has 0 amide bonds. The monoisotopic (exact) mass is 416 g/mol. The molecule has 1 aliphatic heterocycles. The number of rotatable bonds is 4. The van der Waals surface area contributed by atoms with Gasteiger partial charge in [-0.1, -0.05) is 12.1 Å². The summed E-state index contributed by atoms with van der Waals surface area (Å²) in [6, 6.07) is 8.44. The Labute approximate surface area is 181 Å². The van der Waals surface area contributed by atoms with Crippen molar-refractivity contribution < 1.29 is 0 Å². The quantitative estimate of drug-likeness (QED) is 0.522. The molecule has 0 radical (unpaired) electrons. The number of fused-ring (bicyclic) bond motifs is 3. The van der Waals surface area contributed by atoms with Crippen LogP contribution in [0.25, 0.3) is 21.8 Å². The fourth-order valence-corrected chi connectivity index (χ4v) is 4.20. The molecule has 2 N–H and O–H groups in total. The van der Waals surface area contributed by atoms with E-state index in [1.54, 1.807) is 0 Å². The largest absolute Gasteiger partial charge is 0.367 e. The molecular weight excluding hydrogens is 388 g/mol. The summed E-state index contributed by atoms with van der Waals surface area (Å²) in [5, 5.41) is 13.4. The zero-order valence-corrected chi connectivity index (χ0v) is 18.4. The highest BCUT2D eigenvalue weighted by atomic mass is 15.3. The highest BCUT2D eigenvalue weighted by molar-refractivity contribution is 6.03. The lowest BCUT2D eigenvalue weighted by Crippen LogP contribution is -2.57. The average Bonchev–Trinajstić information content (AvgIpc) is 3.19. The molecule has 4 aromatic rings. The van der Waals surface area contributed by atoms with Crippen molar-refractivity contribution in [3.8, 4) is 0 Å². The first-order valence-electron chi connectivity index (χ1n) is 10.8. The summed E-state index contributed by atoms with van der Waals surface area (Å²) in [6.07, 6.45) is 5.65. The van der Waals surface area contributed by atoms with Crippen molar-refractivity contribution in [1.82, 2.24) is 30.0 Å². The van der Waals surface area contributed by atoms with Crippen LogP contribution in [0.2, 0.25) is 0 Å². The van der Waals surface area contributed by atoms with E-state index in [1.807, 2.05) is 35.4 Å². The Morgan fingerprint density at radius 3 is 2.61 bits per heavy atom. The lowest BCUT2D eigenvalue weighted by molar-refractivity contribution is 0.353. The van der Waals surface area contributed by atoms with Crippen molar-refractivity contribution in [2.24, 2.45) is 0 Å². The SMILES string of the molecule is CC(C)n1ncc2ccc3cnc(Nc4ccc(N5CCNC(C)(C)C5)cn4)nc3c21. The molecule has 31 heavy (non-hydrogen) atoms. The summed E-state index contributed by atoms with van der Waals surface area (Å²) in [4.78, 5) is 16.3. The van der Waals surface area contributed by atoms with Gasteiger partial charge in [0, 0.05) is 48.2 Å². The summed E-state index contributed by atoms with van der Waals surface area (Å²) < 4.78 is 2.01. The second-order valence-corrected chi connectivity index (χ2v) is 9.08. The first-order chi connectivity index (χ1) is 14.9. The molecule has 3 aromatic heterocycles. The fraction of sp³-hybridized carbons (Fsp3) is 0.391. The van der Waals surface area contributed by atoms with Crippen molar-refractivity contribution in [1.29, 1.82) is 0 Å². The van der Waals surface area contributed by atoms with Crippen LogP contribution >= 0.6 is 0 Å². The summed E-state index contributed by atoms with van der Waals surface area (Å²) in [5.41, 5.74) is 3.15. The number of benzene rings is 1. The first-order valence-corrected chi connectivity index (χ1v) is 10.8. The van der Waals surface area contributed by atoms with Gasteiger partial charge >= 0.3 is 0 Å². The Morgan fingerprint density at radius 2 is 1.87 bits per heavy atom. The van der Waals surface area contributed by atoms with Gasteiger partial charge in [-0.25, -0.2) is 15.0 Å². The Kier molecular flexibility index (Phi) is 4.74. The maximum absolute atomic E-state index is 4.80. The smallest absolute Gasteiger partial charge is 0.228 e. The lowest BCUT2D eigenvalue weighted by Gasteiger charge is -2.40. The highest BCUT2D eigenvalue weighted by Gasteiger charge is 2.25. The van der Waals surface area contributed by atoms with Crippen LogP contribution in [0.1, 0.15) is 33.7 Å². The molecule has 4 heterocycles. The van der Waals surface area contributed by atoms with Gasteiger partial charge < -0.3 is 15.5 Å². The van der Waals surface area contributed by atoms with Gasteiger partial charge in [0.15, 0.2) is 0 Å². The van der Waals surface area contributed by atoms with Crippen LogP contribution in [-0.4, -0.2) is 49.9 Å². The maximum atomic E-state index is 4.80. The molecule has 8 nitrogen and oxygen atoms in total. The van der Waals surface area contributed by atoms with E-state index in [0.29, 0.717) is 5.95 Å². The Bertz CT molecular complexity index is 1230. The molecule has 1 aromatic carbocycles. The molecule has 1 fully saturated rings. The third-order valence-electron chi connectivity index (χ3n) is 5.72. The Morgan fingerprint density at radius 1 is 1.03 bits per heavy atom. The average molecular weight is 417 g/mol. The molecule has 0 unspecified atom stereocenters. The van der Waals surface area contributed by atoms with Gasteiger partial charge in [0.05, 0.1) is 23.6 Å². The number of nitrogens with one attached hydrogen (secondary N) is 2. The number of hydrogen-bond acceptors (Lipinski definition) is 7. The van der Waals surface area contributed by atoms with Crippen LogP contribution in [0.4, 0.5) is 17.5 Å². The number of anilines is 3. The number of piperazine rings is 1. The molecule has 1 saturated heterocycles. The second kappa shape index (κ2) is 7.46. The standard InChI is InChI=1S/C23H28N8/c1-15(2)31-21-17(12-27-31)6-5-16-11-25-22(29-20(16)21)28-19-8-7-18(13-24-19)30-10-9-26-23(3,4)14-30/h5-8,11-13,15,26H,9-10,14H2,1-4H3,(H,24,25,28,29). The molecule has 5 rings (SSSR count). The molecular formula is C23H28N8. The third-order valence-corrected chi connectivity index (χ3v) is 5.72. The Balaban J connectivity index is 1.42. The molecule has 8 heteroatoms. The van der Waals surface area contributed by atoms with Crippen molar-refractivity contribution >= 4 is 39.3 Å². The van der Waals surface area contributed by atoms with Crippen LogP contribution in [0, 0.1) is 0 Å². The van der Waals surface area contributed by atoms with Crippen LogP contribution in [-0.2, 0) is 0 Å². The number of aromatic nitrogens is 5. The topological polar surface area (TPSA) is 83.8 Å². The van der Waals surface area contributed by atoms with Crippen LogP contribution in [0.3, 0.4) is 0 Å². The van der Waals surface area contributed by atoms with Crippen LogP contribution in [0.15, 0.2) is 42.9 Å². The van der Waals surface area contributed by atoms with Crippen molar-refractivity contribution in [3.63, 3.8) is 0 Å². The van der Waals surface area contributed by atoms with Gasteiger partial charge in [-0.3, -0.25) is 4.68 Å². The first kappa shape index (κ1) is 19.7. The summed E-state index contributed by atoms with van der Waals surface area (Å²) in [6.45, 7) is 11.6. The van der Waals surface area contributed by atoms with E-state index in [-0.39, 0.29) is 11.6 Å². The van der Waals surface area contributed by atoms with E-state index in [1.165, 1.54) is 0 Å². The van der Waals surface area contributed by atoms with E-state index in [9.17, 15) is 0 Å². The summed E-state index contributed by atoms with van der Waals surface area (Å²) >= 11 is 0. The number of pyridine rings is 1. The van der Waals surface area contributed by atoms with E-state index in [0.717, 1.165) is 52.9 Å². The molecule has 0 saturated carbocycles.